The SMILES string of the molecule is COC(=O)[C@H]1CSC(c2ccc3c(n2)C=CC(OC)C3)=N1. The fourth-order valence-electron chi connectivity index (χ4n) is 2.36. The van der Waals surface area contributed by atoms with E-state index in [1.807, 2.05) is 18.2 Å². The van der Waals surface area contributed by atoms with E-state index in [2.05, 4.69) is 16.0 Å². The number of thioether (sulfide) groups is 1. The van der Waals surface area contributed by atoms with Gasteiger partial charge in [0.15, 0.2) is 6.04 Å². The molecule has 0 fully saturated rings. The van der Waals surface area contributed by atoms with Gasteiger partial charge in [-0.15, -0.1) is 11.8 Å². The summed E-state index contributed by atoms with van der Waals surface area (Å²) in [5, 5.41) is 0.801. The van der Waals surface area contributed by atoms with Gasteiger partial charge < -0.3 is 9.47 Å². The van der Waals surface area contributed by atoms with Crippen molar-refractivity contribution in [3.8, 4) is 0 Å². The second-order valence-corrected chi connectivity index (χ2v) is 5.87. The predicted octanol–water partition coefficient (Wildman–Crippen LogP) is 1.70. The smallest absolute Gasteiger partial charge is 0.331 e. The molecule has 1 aromatic rings. The van der Waals surface area contributed by atoms with Gasteiger partial charge in [-0.05, 0) is 17.7 Å². The maximum atomic E-state index is 11.5. The van der Waals surface area contributed by atoms with Crippen molar-refractivity contribution in [3.05, 3.63) is 35.2 Å². The van der Waals surface area contributed by atoms with E-state index < -0.39 is 6.04 Å². The number of rotatable bonds is 3. The van der Waals surface area contributed by atoms with E-state index in [9.17, 15) is 4.79 Å². The van der Waals surface area contributed by atoms with Crippen LogP contribution in [0.2, 0.25) is 0 Å². The molecule has 0 radical (unpaired) electrons. The predicted molar refractivity (Wildman–Crippen MR) is 82.6 cm³/mol. The van der Waals surface area contributed by atoms with E-state index in [4.69, 9.17) is 9.47 Å². The molecule has 1 unspecified atom stereocenters. The molecule has 2 atom stereocenters. The van der Waals surface area contributed by atoms with Gasteiger partial charge >= 0.3 is 5.97 Å². The number of methoxy groups -OCH3 is 2. The van der Waals surface area contributed by atoms with Crippen molar-refractivity contribution in [1.29, 1.82) is 0 Å². The molecule has 110 valence electrons. The average Bonchev–Trinajstić information content (AvgIpc) is 3.03. The minimum atomic E-state index is -0.416. The lowest BCUT2D eigenvalue weighted by atomic mass is 9.99. The molecule has 0 N–H and O–H groups in total. The molecule has 1 aliphatic carbocycles. The Morgan fingerprint density at radius 3 is 3.00 bits per heavy atom. The van der Waals surface area contributed by atoms with Gasteiger partial charge in [-0.2, -0.15) is 0 Å². The molecular weight excluding hydrogens is 288 g/mol. The monoisotopic (exact) mass is 304 g/mol. The van der Waals surface area contributed by atoms with E-state index in [0.717, 1.165) is 22.9 Å². The highest BCUT2D eigenvalue weighted by Gasteiger charge is 2.27. The fourth-order valence-corrected chi connectivity index (χ4v) is 3.35. The molecule has 21 heavy (non-hydrogen) atoms. The topological polar surface area (TPSA) is 60.8 Å². The first-order valence-corrected chi connectivity index (χ1v) is 7.69. The maximum Gasteiger partial charge on any atom is 0.331 e. The van der Waals surface area contributed by atoms with Crippen LogP contribution in [0.1, 0.15) is 17.0 Å². The van der Waals surface area contributed by atoms with Gasteiger partial charge in [0.1, 0.15) is 5.04 Å². The van der Waals surface area contributed by atoms with Gasteiger partial charge in [0.05, 0.1) is 24.6 Å². The van der Waals surface area contributed by atoms with Crippen LogP contribution in [0.3, 0.4) is 0 Å². The maximum absolute atomic E-state index is 11.5. The van der Waals surface area contributed by atoms with Crippen LogP contribution in [0.15, 0.2) is 23.2 Å². The van der Waals surface area contributed by atoms with E-state index in [1.165, 1.54) is 12.7 Å². The summed E-state index contributed by atoms with van der Waals surface area (Å²) < 4.78 is 10.1. The Balaban J connectivity index is 1.84. The van der Waals surface area contributed by atoms with Crippen molar-refractivity contribution in [1.82, 2.24) is 4.98 Å². The number of hydrogen-bond donors (Lipinski definition) is 0. The van der Waals surface area contributed by atoms with E-state index in [-0.39, 0.29) is 12.1 Å². The van der Waals surface area contributed by atoms with Gasteiger partial charge in [0, 0.05) is 19.3 Å². The van der Waals surface area contributed by atoms with Crippen molar-refractivity contribution < 1.29 is 14.3 Å². The molecule has 0 spiro atoms. The summed E-state index contributed by atoms with van der Waals surface area (Å²) in [6.07, 6.45) is 4.95. The van der Waals surface area contributed by atoms with Crippen molar-refractivity contribution in [2.45, 2.75) is 18.6 Å². The van der Waals surface area contributed by atoms with Crippen LogP contribution in [-0.4, -0.2) is 48.1 Å². The van der Waals surface area contributed by atoms with Crippen molar-refractivity contribution in [3.63, 3.8) is 0 Å². The molecule has 0 saturated carbocycles. The summed E-state index contributed by atoms with van der Waals surface area (Å²) >= 11 is 1.54. The zero-order valence-electron chi connectivity index (χ0n) is 11.9. The standard InChI is InChI=1S/C15H16N2O3S/c1-19-10-4-6-11-9(7-10)3-5-12(16-11)14-17-13(8-21-14)15(18)20-2/h3-6,10,13H,7-8H2,1-2H3/t10?,13-/m1/s1. The summed E-state index contributed by atoms with van der Waals surface area (Å²) in [7, 11) is 3.09. The molecule has 2 aliphatic rings. The lowest BCUT2D eigenvalue weighted by molar-refractivity contribution is -0.141. The van der Waals surface area contributed by atoms with Gasteiger partial charge in [0.2, 0.25) is 0 Å². The quantitative estimate of drug-likeness (QED) is 0.796. The third-order valence-corrected chi connectivity index (χ3v) is 4.62. The molecular formula is C15H16N2O3S. The average molecular weight is 304 g/mol. The number of carbonyl (C=O) groups is 1. The van der Waals surface area contributed by atoms with Crippen LogP contribution in [-0.2, 0) is 20.7 Å². The van der Waals surface area contributed by atoms with Crippen LogP contribution >= 0.6 is 11.8 Å². The first-order valence-electron chi connectivity index (χ1n) is 6.71. The minimum Gasteiger partial charge on any atom is -0.467 e. The van der Waals surface area contributed by atoms with E-state index in [0.29, 0.717) is 5.75 Å². The number of carbonyl (C=O) groups excluding carboxylic acids is 1. The summed E-state index contributed by atoms with van der Waals surface area (Å²) in [6, 6.07) is 3.60. The Labute approximate surface area is 127 Å². The second-order valence-electron chi connectivity index (χ2n) is 4.86. The molecule has 0 saturated heterocycles. The molecule has 6 heteroatoms. The van der Waals surface area contributed by atoms with Crippen molar-refractivity contribution >= 4 is 28.9 Å². The van der Waals surface area contributed by atoms with E-state index >= 15 is 0 Å². The zero-order valence-corrected chi connectivity index (χ0v) is 12.7. The Kier molecular flexibility index (Phi) is 4.07. The summed E-state index contributed by atoms with van der Waals surface area (Å²) in [4.78, 5) is 20.5. The Morgan fingerprint density at radius 1 is 1.38 bits per heavy atom. The summed E-state index contributed by atoms with van der Waals surface area (Å²) in [6.45, 7) is 0. The first kappa shape index (κ1) is 14.3. The number of fused-ring (bicyclic) bond motifs is 1. The molecule has 5 nitrogen and oxygen atoms in total. The van der Waals surface area contributed by atoms with Crippen LogP contribution < -0.4 is 0 Å². The number of hydrogen-bond acceptors (Lipinski definition) is 6. The van der Waals surface area contributed by atoms with Gasteiger partial charge in [0.25, 0.3) is 0 Å². The van der Waals surface area contributed by atoms with Gasteiger partial charge in [-0.1, -0.05) is 12.1 Å². The number of pyridine rings is 1. The minimum absolute atomic E-state index is 0.118. The Morgan fingerprint density at radius 2 is 2.24 bits per heavy atom. The highest BCUT2D eigenvalue weighted by molar-refractivity contribution is 8.14. The Hall–Kier alpha value is -1.66. The molecule has 0 bridgehead atoms. The molecule has 1 aromatic heterocycles. The number of nitrogens with zero attached hydrogens (tertiary/aromatic N) is 2. The molecule has 3 rings (SSSR count). The molecule has 0 amide bonds. The fraction of sp³-hybridized carbons (Fsp3) is 0.400. The highest BCUT2D eigenvalue weighted by atomic mass is 32.2. The first-order chi connectivity index (χ1) is 10.2. The normalized spacial score (nSPS) is 23.6. The van der Waals surface area contributed by atoms with E-state index in [1.54, 1.807) is 18.9 Å². The number of aliphatic imine (C=N–C) groups is 1. The Bertz CT molecular complexity index is 627. The summed E-state index contributed by atoms with van der Waals surface area (Å²) in [5.41, 5.74) is 2.93. The van der Waals surface area contributed by atoms with Crippen molar-refractivity contribution in [2.24, 2.45) is 4.99 Å². The molecule has 0 aromatic carbocycles. The molecule has 1 aliphatic heterocycles. The van der Waals surface area contributed by atoms with Gasteiger partial charge in [-0.25, -0.2) is 9.78 Å². The summed E-state index contributed by atoms with van der Waals surface area (Å²) in [5.74, 6) is 0.320. The van der Waals surface area contributed by atoms with Crippen LogP contribution in [0, 0.1) is 0 Å². The van der Waals surface area contributed by atoms with Gasteiger partial charge in [-0.3, -0.25) is 4.99 Å². The van der Waals surface area contributed by atoms with Crippen LogP contribution in [0.5, 0.6) is 0 Å². The van der Waals surface area contributed by atoms with Crippen LogP contribution in [0.25, 0.3) is 6.08 Å². The zero-order chi connectivity index (χ0) is 14.8. The number of esters is 1. The highest BCUT2D eigenvalue weighted by Crippen LogP contribution is 2.26. The third-order valence-electron chi connectivity index (χ3n) is 3.55. The van der Waals surface area contributed by atoms with Crippen molar-refractivity contribution in [2.75, 3.05) is 20.0 Å². The molecule has 2 heterocycles. The van der Waals surface area contributed by atoms with Crippen LogP contribution in [0.4, 0.5) is 0 Å². The lowest BCUT2D eigenvalue weighted by Crippen LogP contribution is -2.19. The second kappa shape index (κ2) is 5.99. The lowest BCUT2D eigenvalue weighted by Gasteiger charge is -2.17. The largest absolute Gasteiger partial charge is 0.467 e. The number of aromatic nitrogens is 1. The number of ether oxygens (including phenoxy) is 2. The third kappa shape index (κ3) is 2.87.